The highest BCUT2D eigenvalue weighted by Gasteiger charge is 2.28. The maximum atomic E-state index is 13.3. The average molecular weight is 422 g/mol. The van der Waals surface area contributed by atoms with Crippen molar-refractivity contribution in [2.45, 2.75) is 33.2 Å². The largest absolute Gasteiger partial charge is 0.348 e. The zero-order chi connectivity index (χ0) is 21.8. The maximum absolute atomic E-state index is 13.3. The van der Waals surface area contributed by atoms with Crippen molar-refractivity contribution in [1.29, 1.82) is 0 Å². The fourth-order valence-electron chi connectivity index (χ4n) is 3.10. The molecule has 0 saturated heterocycles. The molecule has 0 aliphatic carbocycles. The summed E-state index contributed by atoms with van der Waals surface area (Å²) in [5, 5.41) is 2.93. The summed E-state index contributed by atoms with van der Waals surface area (Å²) < 4.78 is 40.8. The lowest BCUT2D eigenvalue weighted by Crippen LogP contribution is -2.46. The number of carbonyl (C=O) groups is 1. The molecular formula is C21H28FN3O3S. The highest BCUT2D eigenvalue weighted by molar-refractivity contribution is 7.90. The predicted octanol–water partition coefficient (Wildman–Crippen LogP) is 3.32. The molecule has 0 aliphatic heterocycles. The first-order chi connectivity index (χ1) is 13.6. The normalized spacial score (nSPS) is 12.7. The topological polar surface area (TPSA) is 69.7 Å². The zero-order valence-corrected chi connectivity index (χ0v) is 18.3. The first kappa shape index (κ1) is 22.8. The Morgan fingerprint density at radius 1 is 1.10 bits per heavy atom. The number of halogens is 1. The van der Waals surface area contributed by atoms with E-state index in [0.29, 0.717) is 6.42 Å². The van der Waals surface area contributed by atoms with E-state index in [1.54, 1.807) is 0 Å². The van der Waals surface area contributed by atoms with Crippen LogP contribution in [0.15, 0.2) is 42.5 Å². The zero-order valence-electron chi connectivity index (χ0n) is 17.4. The molecule has 0 heterocycles. The van der Waals surface area contributed by atoms with Crippen molar-refractivity contribution < 1.29 is 17.6 Å². The summed E-state index contributed by atoms with van der Waals surface area (Å²) in [5.41, 5.74) is 3.41. The Bertz CT molecular complexity index is 960. The van der Waals surface area contributed by atoms with Crippen molar-refractivity contribution in [3.05, 3.63) is 65.0 Å². The fraction of sp³-hybridized carbons (Fsp3) is 0.381. The van der Waals surface area contributed by atoms with E-state index in [9.17, 15) is 17.6 Å². The molecule has 0 saturated carbocycles. The van der Waals surface area contributed by atoms with Gasteiger partial charge in [-0.25, -0.2) is 8.70 Å². The van der Waals surface area contributed by atoms with Gasteiger partial charge in [-0.1, -0.05) is 30.7 Å². The minimum Gasteiger partial charge on any atom is -0.348 e. The van der Waals surface area contributed by atoms with Crippen molar-refractivity contribution in [3.63, 3.8) is 0 Å². The van der Waals surface area contributed by atoms with Gasteiger partial charge in [-0.2, -0.15) is 12.7 Å². The number of anilines is 1. The van der Waals surface area contributed by atoms with E-state index in [-0.39, 0.29) is 11.7 Å². The van der Waals surface area contributed by atoms with Crippen molar-refractivity contribution in [2.24, 2.45) is 0 Å². The Labute approximate surface area is 172 Å². The Kier molecular flexibility index (Phi) is 7.37. The second-order valence-corrected chi connectivity index (χ2v) is 9.23. The molecule has 0 unspecified atom stereocenters. The summed E-state index contributed by atoms with van der Waals surface area (Å²) in [7, 11) is -1.17. The molecule has 2 aromatic carbocycles. The van der Waals surface area contributed by atoms with Gasteiger partial charge in [-0.15, -0.1) is 0 Å². The van der Waals surface area contributed by atoms with Gasteiger partial charge in [0, 0.05) is 14.1 Å². The minimum absolute atomic E-state index is 0.217. The molecule has 6 nitrogen and oxygen atoms in total. The van der Waals surface area contributed by atoms with Crippen molar-refractivity contribution >= 4 is 21.8 Å². The van der Waals surface area contributed by atoms with Crippen molar-refractivity contribution in [3.8, 4) is 0 Å². The van der Waals surface area contributed by atoms with Gasteiger partial charge in [0.1, 0.15) is 12.4 Å². The summed E-state index contributed by atoms with van der Waals surface area (Å²) in [6.45, 7) is 5.54. The Balaban J connectivity index is 2.28. The van der Waals surface area contributed by atoms with E-state index in [0.717, 1.165) is 37.4 Å². The SMILES string of the molecule is CC[C@H](NC(=O)CN(c1ccc(F)cc1)S(=O)(=O)N(C)C)c1ccc(C)cc1C. The van der Waals surface area contributed by atoms with Crippen molar-refractivity contribution in [2.75, 3.05) is 24.9 Å². The van der Waals surface area contributed by atoms with Gasteiger partial charge in [0.2, 0.25) is 5.91 Å². The first-order valence-corrected chi connectivity index (χ1v) is 10.8. The summed E-state index contributed by atoms with van der Waals surface area (Å²) >= 11 is 0. The molecule has 29 heavy (non-hydrogen) atoms. The Morgan fingerprint density at radius 2 is 1.72 bits per heavy atom. The molecule has 0 bridgehead atoms. The molecule has 0 aliphatic rings. The van der Waals surface area contributed by atoms with Crippen LogP contribution in [0.25, 0.3) is 0 Å². The first-order valence-electron chi connectivity index (χ1n) is 9.38. The smallest absolute Gasteiger partial charge is 0.304 e. The van der Waals surface area contributed by atoms with Crippen LogP contribution < -0.4 is 9.62 Å². The number of amides is 1. The Hall–Kier alpha value is -2.45. The number of nitrogens with one attached hydrogen (secondary N) is 1. The van der Waals surface area contributed by atoms with E-state index in [1.807, 2.05) is 39.0 Å². The maximum Gasteiger partial charge on any atom is 0.304 e. The van der Waals surface area contributed by atoms with Crippen LogP contribution in [0.2, 0.25) is 0 Å². The standard InChI is InChI=1S/C21H28FN3O3S/c1-6-20(19-12-7-15(2)13-16(19)3)23-21(26)14-25(29(27,28)24(4)5)18-10-8-17(22)9-11-18/h7-13,20H,6,14H2,1-5H3,(H,23,26)/t20-/m0/s1. The number of rotatable bonds is 8. The molecule has 1 atom stereocenters. The number of nitrogens with zero attached hydrogens (tertiary/aromatic N) is 2. The lowest BCUT2D eigenvalue weighted by Gasteiger charge is -2.28. The third-order valence-electron chi connectivity index (χ3n) is 4.69. The summed E-state index contributed by atoms with van der Waals surface area (Å²) in [4.78, 5) is 12.8. The van der Waals surface area contributed by atoms with E-state index >= 15 is 0 Å². The van der Waals surface area contributed by atoms with Crippen LogP contribution in [0.4, 0.5) is 10.1 Å². The van der Waals surface area contributed by atoms with Gasteiger partial charge in [0.25, 0.3) is 0 Å². The number of hydrogen-bond acceptors (Lipinski definition) is 3. The molecule has 8 heteroatoms. The predicted molar refractivity (Wildman–Crippen MR) is 113 cm³/mol. The molecule has 0 spiro atoms. The third kappa shape index (κ3) is 5.55. The molecule has 158 valence electrons. The number of hydrogen-bond donors (Lipinski definition) is 1. The number of carbonyl (C=O) groups excluding carboxylic acids is 1. The summed E-state index contributed by atoms with van der Waals surface area (Å²) in [6.07, 6.45) is 0.659. The molecule has 0 fully saturated rings. The van der Waals surface area contributed by atoms with Gasteiger partial charge in [0.05, 0.1) is 11.7 Å². The lowest BCUT2D eigenvalue weighted by molar-refractivity contribution is -0.120. The quantitative estimate of drug-likeness (QED) is 0.711. The van der Waals surface area contributed by atoms with Crippen LogP contribution in [0.3, 0.4) is 0 Å². The second-order valence-electron chi connectivity index (χ2n) is 7.16. The van der Waals surface area contributed by atoms with Gasteiger partial charge >= 0.3 is 10.2 Å². The van der Waals surface area contributed by atoms with Crippen LogP contribution in [-0.4, -0.2) is 39.3 Å². The van der Waals surface area contributed by atoms with Crippen LogP contribution in [-0.2, 0) is 15.0 Å². The van der Waals surface area contributed by atoms with Crippen molar-refractivity contribution in [1.82, 2.24) is 9.62 Å². The van der Waals surface area contributed by atoms with Gasteiger partial charge < -0.3 is 5.32 Å². The molecule has 2 aromatic rings. The summed E-state index contributed by atoms with van der Waals surface area (Å²) in [6, 6.07) is 10.8. The second kappa shape index (κ2) is 9.37. The average Bonchev–Trinajstić information content (AvgIpc) is 2.65. The van der Waals surface area contributed by atoms with E-state index in [1.165, 1.54) is 26.2 Å². The fourth-order valence-corrected chi connectivity index (χ4v) is 4.16. The highest BCUT2D eigenvalue weighted by atomic mass is 32.2. The molecule has 0 radical (unpaired) electrons. The van der Waals surface area contributed by atoms with Gasteiger partial charge in [0.15, 0.2) is 0 Å². The highest BCUT2D eigenvalue weighted by Crippen LogP contribution is 2.23. The van der Waals surface area contributed by atoms with Gasteiger partial charge in [-0.3, -0.25) is 4.79 Å². The van der Waals surface area contributed by atoms with Crippen LogP contribution in [0.5, 0.6) is 0 Å². The van der Waals surface area contributed by atoms with Crippen LogP contribution in [0.1, 0.15) is 36.1 Å². The van der Waals surface area contributed by atoms with Gasteiger partial charge in [-0.05, 0) is 55.7 Å². The molecule has 2 rings (SSSR count). The molecular weight excluding hydrogens is 393 g/mol. The summed E-state index contributed by atoms with van der Waals surface area (Å²) in [5.74, 6) is -0.923. The molecule has 0 aromatic heterocycles. The monoisotopic (exact) mass is 421 g/mol. The van der Waals surface area contributed by atoms with E-state index in [2.05, 4.69) is 5.32 Å². The molecule has 1 N–H and O–H groups in total. The number of benzene rings is 2. The van der Waals surface area contributed by atoms with Crippen LogP contribution in [0, 0.1) is 19.7 Å². The molecule has 1 amide bonds. The minimum atomic E-state index is -3.94. The number of aryl methyl sites for hydroxylation is 2. The van der Waals surface area contributed by atoms with E-state index < -0.39 is 28.5 Å². The lowest BCUT2D eigenvalue weighted by atomic mass is 9.97. The van der Waals surface area contributed by atoms with E-state index in [4.69, 9.17) is 0 Å². The Morgan fingerprint density at radius 3 is 2.24 bits per heavy atom. The van der Waals surface area contributed by atoms with Crippen LogP contribution >= 0.6 is 0 Å². The third-order valence-corrected chi connectivity index (χ3v) is 6.51.